The first kappa shape index (κ1) is 22.9. The number of allylic oxidation sites excluding steroid dienone is 1. The number of aliphatic hydroxyl groups is 2. The number of likely N-dealkylation sites (tertiary alicyclic amines) is 1. The molecule has 1 aliphatic rings. The van der Waals surface area contributed by atoms with Crippen LogP contribution in [-0.4, -0.2) is 53.5 Å². The summed E-state index contributed by atoms with van der Waals surface area (Å²) in [5.41, 5.74) is 3.92. The Labute approximate surface area is 171 Å². The number of unbranched alkanes of at least 4 members (excludes halogenated alkanes) is 3. The largest absolute Gasteiger partial charge is 0.395 e. The molecule has 4 nitrogen and oxygen atoms in total. The Kier molecular flexibility index (Phi) is 10.6. The summed E-state index contributed by atoms with van der Waals surface area (Å²) < 4.78 is 0. The van der Waals surface area contributed by atoms with E-state index in [1.807, 2.05) is 0 Å². The number of nitrogens with one attached hydrogen (secondary N) is 1. The molecule has 4 heteroatoms. The Hall–Kier alpha value is -1.36. The van der Waals surface area contributed by atoms with Gasteiger partial charge < -0.3 is 15.5 Å². The van der Waals surface area contributed by atoms with Gasteiger partial charge in [-0.2, -0.15) is 0 Å². The fourth-order valence-corrected chi connectivity index (χ4v) is 4.13. The van der Waals surface area contributed by atoms with E-state index in [4.69, 9.17) is 0 Å². The van der Waals surface area contributed by atoms with Crippen LogP contribution in [0.5, 0.6) is 0 Å². The molecule has 1 fully saturated rings. The van der Waals surface area contributed by atoms with Crippen molar-refractivity contribution >= 4 is 11.8 Å². The molecule has 28 heavy (non-hydrogen) atoms. The van der Waals surface area contributed by atoms with Gasteiger partial charge in [0.1, 0.15) is 0 Å². The van der Waals surface area contributed by atoms with Crippen molar-refractivity contribution in [1.29, 1.82) is 0 Å². The second-order valence-corrected chi connectivity index (χ2v) is 8.10. The van der Waals surface area contributed by atoms with Gasteiger partial charge in [-0.05, 0) is 68.8 Å². The van der Waals surface area contributed by atoms with Gasteiger partial charge in [-0.15, -0.1) is 0 Å². The lowest BCUT2D eigenvalue weighted by Crippen LogP contribution is -2.46. The van der Waals surface area contributed by atoms with Crippen LogP contribution in [0.2, 0.25) is 0 Å². The molecule has 1 aromatic carbocycles. The van der Waals surface area contributed by atoms with Crippen LogP contribution < -0.4 is 5.32 Å². The highest BCUT2D eigenvalue weighted by atomic mass is 16.3. The molecular weight excluding hydrogens is 348 g/mol. The van der Waals surface area contributed by atoms with Crippen molar-refractivity contribution in [3.05, 3.63) is 35.4 Å². The normalized spacial score (nSPS) is 20.7. The Balaban J connectivity index is 1.65. The number of aryl methyl sites for hydroxylation is 1. The van der Waals surface area contributed by atoms with Crippen molar-refractivity contribution in [2.75, 3.05) is 31.6 Å². The summed E-state index contributed by atoms with van der Waals surface area (Å²) in [6.07, 6.45) is 12.7. The van der Waals surface area contributed by atoms with E-state index in [0.717, 1.165) is 32.5 Å². The number of aliphatic hydroxyl groups excluding tert-OH is 2. The quantitative estimate of drug-likeness (QED) is 0.463. The van der Waals surface area contributed by atoms with Crippen molar-refractivity contribution < 1.29 is 10.2 Å². The van der Waals surface area contributed by atoms with E-state index in [1.165, 1.54) is 48.9 Å². The van der Waals surface area contributed by atoms with Crippen molar-refractivity contribution in [1.82, 2.24) is 4.90 Å². The Morgan fingerprint density at radius 2 is 2.00 bits per heavy atom. The van der Waals surface area contributed by atoms with Crippen LogP contribution in [0.25, 0.3) is 6.08 Å². The Morgan fingerprint density at radius 3 is 2.75 bits per heavy atom. The predicted octanol–water partition coefficient (Wildman–Crippen LogP) is 4.46. The number of rotatable bonds is 12. The average molecular weight is 389 g/mol. The lowest BCUT2D eigenvalue weighted by atomic mass is 9.99. The van der Waals surface area contributed by atoms with Gasteiger partial charge in [-0.3, -0.25) is 4.90 Å². The second-order valence-electron chi connectivity index (χ2n) is 8.10. The first-order valence-corrected chi connectivity index (χ1v) is 11.2. The van der Waals surface area contributed by atoms with Crippen LogP contribution in [0.4, 0.5) is 5.69 Å². The van der Waals surface area contributed by atoms with E-state index >= 15 is 0 Å². The highest BCUT2D eigenvalue weighted by Gasteiger charge is 2.26. The van der Waals surface area contributed by atoms with Gasteiger partial charge in [0.25, 0.3) is 0 Å². The summed E-state index contributed by atoms with van der Waals surface area (Å²) >= 11 is 0. The third kappa shape index (κ3) is 7.94. The molecule has 158 valence electrons. The van der Waals surface area contributed by atoms with Crippen LogP contribution in [0.3, 0.4) is 0 Å². The number of benzene rings is 1. The molecule has 0 radical (unpaired) electrons. The van der Waals surface area contributed by atoms with Crippen molar-refractivity contribution in [2.24, 2.45) is 0 Å². The second kappa shape index (κ2) is 13.0. The van der Waals surface area contributed by atoms with Crippen LogP contribution in [0.1, 0.15) is 69.9 Å². The first-order valence-electron chi connectivity index (χ1n) is 11.2. The third-order valence-electron chi connectivity index (χ3n) is 5.63. The zero-order valence-electron chi connectivity index (χ0n) is 17.9. The zero-order valence-corrected chi connectivity index (χ0v) is 17.9. The molecule has 0 bridgehead atoms. The lowest BCUT2D eigenvalue weighted by molar-refractivity contribution is 0.0163. The van der Waals surface area contributed by atoms with Crippen LogP contribution in [0, 0.1) is 0 Å². The molecule has 1 aliphatic heterocycles. The molecule has 0 spiro atoms. The van der Waals surface area contributed by atoms with Gasteiger partial charge >= 0.3 is 0 Å². The minimum absolute atomic E-state index is 0.146. The first-order chi connectivity index (χ1) is 13.7. The minimum atomic E-state index is -0.233. The number of piperidine rings is 1. The highest BCUT2D eigenvalue weighted by molar-refractivity contribution is 5.59. The molecule has 0 amide bonds. The lowest BCUT2D eigenvalue weighted by Gasteiger charge is -2.36. The number of hydrogen-bond acceptors (Lipinski definition) is 4. The van der Waals surface area contributed by atoms with Gasteiger partial charge in [0.15, 0.2) is 0 Å². The van der Waals surface area contributed by atoms with E-state index in [2.05, 4.69) is 54.4 Å². The third-order valence-corrected chi connectivity index (χ3v) is 5.63. The summed E-state index contributed by atoms with van der Waals surface area (Å²) in [6, 6.07) is 6.95. The summed E-state index contributed by atoms with van der Waals surface area (Å²) in [6.45, 7) is 7.42. The smallest absolute Gasteiger partial charge is 0.0587 e. The fraction of sp³-hybridized carbons (Fsp3) is 0.667. The summed E-state index contributed by atoms with van der Waals surface area (Å²) in [5.74, 6) is 0. The maximum absolute atomic E-state index is 9.74. The van der Waals surface area contributed by atoms with Crippen LogP contribution in [0.15, 0.2) is 24.3 Å². The Bertz CT molecular complexity index is 588. The van der Waals surface area contributed by atoms with Crippen LogP contribution >= 0.6 is 0 Å². The van der Waals surface area contributed by atoms with Crippen LogP contribution in [-0.2, 0) is 6.42 Å². The number of hydrogen-bond donors (Lipinski definition) is 3. The fourth-order valence-electron chi connectivity index (χ4n) is 4.13. The van der Waals surface area contributed by atoms with Gasteiger partial charge in [-0.1, -0.05) is 44.4 Å². The van der Waals surface area contributed by atoms with E-state index < -0.39 is 0 Å². The molecule has 0 aliphatic carbocycles. The molecule has 1 saturated heterocycles. The molecule has 2 rings (SSSR count). The van der Waals surface area contributed by atoms with E-state index in [-0.39, 0.29) is 18.8 Å². The molecule has 1 aromatic rings. The van der Waals surface area contributed by atoms with Gasteiger partial charge in [0.2, 0.25) is 0 Å². The summed E-state index contributed by atoms with van der Waals surface area (Å²) in [5, 5.41) is 22.8. The van der Waals surface area contributed by atoms with E-state index in [1.54, 1.807) is 0 Å². The topological polar surface area (TPSA) is 55.7 Å². The summed E-state index contributed by atoms with van der Waals surface area (Å²) in [4.78, 5) is 2.35. The van der Waals surface area contributed by atoms with E-state index in [9.17, 15) is 10.2 Å². The molecule has 2 unspecified atom stereocenters. The molecule has 3 N–H and O–H groups in total. The Morgan fingerprint density at radius 1 is 1.18 bits per heavy atom. The maximum atomic E-state index is 9.74. The van der Waals surface area contributed by atoms with Gasteiger partial charge in [0, 0.05) is 24.8 Å². The van der Waals surface area contributed by atoms with Gasteiger partial charge in [-0.25, -0.2) is 0 Å². The predicted molar refractivity (Wildman–Crippen MR) is 120 cm³/mol. The highest BCUT2D eigenvalue weighted by Crippen LogP contribution is 2.19. The summed E-state index contributed by atoms with van der Waals surface area (Å²) in [7, 11) is 0. The van der Waals surface area contributed by atoms with Crippen molar-refractivity contribution in [3.63, 3.8) is 0 Å². The zero-order chi connectivity index (χ0) is 20.2. The molecule has 1 heterocycles. The molecule has 0 aromatic heterocycles. The van der Waals surface area contributed by atoms with E-state index in [0.29, 0.717) is 6.42 Å². The maximum Gasteiger partial charge on any atom is 0.0587 e. The molecular formula is C24H40N2O2. The SMILES string of the molecule is C/C=C/c1cc(CCC)cc(NCCCCCCN2CCC(O)CC2CO)c1. The molecule has 2 atom stereocenters. The standard InChI is InChI=1S/C24H40N2O2/c1-3-9-20-15-21(10-4-2)17-22(16-20)25-12-7-5-6-8-13-26-14-11-24(28)18-23(26)19-27/h3,9,15-17,23-25,27-28H,4-8,10-14,18-19H2,1-2H3/b9-3+. The molecule has 0 saturated carbocycles. The minimum Gasteiger partial charge on any atom is -0.395 e. The number of anilines is 1. The van der Waals surface area contributed by atoms with Crippen molar-refractivity contribution in [3.8, 4) is 0 Å². The monoisotopic (exact) mass is 388 g/mol. The number of nitrogens with zero attached hydrogens (tertiary/aromatic N) is 1. The average Bonchev–Trinajstić information content (AvgIpc) is 2.68. The van der Waals surface area contributed by atoms with Crippen molar-refractivity contribution in [2.45, 2.75) is 77.4 Å². The van der Waals surface area contributed by atoms with Gasteiger partial charge in [0.05, 0.1) is 12.7 Å².